The molecule has 0 fully saturated rings. The van der Waals surface area contributed by atoms with Gasteiger partial charge in [0.2, 0.25) is 0 Å². The zero-order valence-electron chi connectivity index (χ0n) is 11.6. The molecule has 1 N–H and O–H groups in total. The molecule has 0 saturated heterocycles. The Hall–Kier alpha value is -0.490. The number of thiol groups is 1. The first-order valence-electron chi connectivity index (χ1n) is 6.21. The fourth-order valence-corrected chi connectivity index (χ4v) is 3.46. The predicted octanol–water partition coefficient (Wildman–Crippen LogP) is 6.47. The highest BCUT2D eigenvalue weighted by molar-refractivity contribution is 8.11. The van der Waals surface area contributed by atoms with Crippen LogP contribution in [0, 0.1) is 6.92 Å². The molecule has 120 valence electrons. The Morgan fingerprint density at radius 2 is 1.43 bits per heavy atom. The van der Waals surface area contributed by atoms with Gasteiger partial charge in [0, 0.05) is 11.3 Å². The lowest BCUT2D eigenvalue weighted by atomic mass is 10.1. The van der Waals surface area contributed by atoms with Crippen molar-refractivity contribution in [3.05, 3.63) is 61.0 Å². The number of carbonyl (C=O) groups is 1. The SMILES string of the molecule is Cc1ccc(NC(=O)c2c(Cl)c(Cl)c(Cl)c(Cl)c2C(=S)S)cc1. The molecule has 0 aliphatic carbocycles. The van der Waals surface area contributed by atoms with E-state index in [0.717, 1.165) is 5.56 Å². The number of rotatable bonds is 3. The highest BCUT2D eigenvalue weighted by atomic mass is 35.5. The second kappa shape index (κ2) is 7.60. The van der Waals surface area contributed by atoms with Crippen molar-refractivity contribution in [3.8, 4) is 0 Å². The van der Waals surface area contributed by atoms with Gasteiger partial charge in [-0.1, -0.05) is 76.3 Å². The summed E-state index contributed by atoms with van der Waals surface area (Å²) in [5, 5.41) is 2.74. The van der Waals surface area contributed by atoms with Crippen LogP contribution in [0.3, 0.4) is 0 Å². The summed E-state index contributed by atoms with van der Waals surface area (Å²) < 4.78 is 0.0875. The van der Waals surface area contributed by atoms with Gasteiger partial charge in [0.25, 0.3) is 5.91 Å². The summed E-state index contributed by atoms with van der Waals surface area (Å²) in [4.78, 5) is 12.6. The minimum absolute atomic E-state index is 0.0132. The third-order valence-corrected chi connectivity index (χ3v) is 5.25. The van der Waals surface area contributed by atoms with Crippen molar-refractivity contribution >= 4 is 87.0 Å². The average molecular weight is 425 g/mol. The first-order valence-corrected chi connectivity index (χ1v) is 8.58. The summed E-state index contributed by atoms with van der Waals surface area (Å²) in [6.07, 6.45) is 0. The highest BCUT2D eigenvalue weighted by Crippen LogP contribution is 2.42. The Morgan fingerprint density at radius 1 is 0.957 bits per heavy atom. The predicted molar refractivity (Wildman–Crippen MR) is 106 cm³/mol. The van der Waals surface area contributed by atoms with Crippen molar-refractivity contribution in [2.75, 3.05) is 5.32 Å². The fourth-order valence-electron chi connectivity index (χ4n) is 1.88. The van der Waals surface area contributed by atoms with Gasteiger partial charge in [-0.05, 0) is 19.1 Å². The second-order valence-corrected chi connectivity index (χ2v) is 7.30. The Bertz CT molecular complexity index is 806. The summed E-state index contributed by atoms with van der Waals surface area (Å²) in [5.41, 5.74) is 1.87. The van der Waals surface area contributed by atoms with Gasteiger partial charge in [-0.2, -0.15) is 0 Å². The number of benzene rings is 2. The van der Waals surface area contributed by atoms with Crippen molar-refractivity contribution in [1.29, 1.82) is 0 Å². The Morgan fingerprint density at radius 3 is 1.91 bits per heavy atom. The molecule has 0 radical (unpaired) electrons. The van der Waals surface area contributed by atoms with E-state index in [1.807, 2.05) is 19.1 Å². The van der Waals surface area contributed by atoms with Crippen LogP contribution in [0.5, 0.6) is 0 Å². The van der Waals surface area contributed by atoms with E-state index in [1.54, 1.807) is 12.1 Å². The molecule has 0 aromatic heterocycles. The highest BCUT2D eigenvalue weighted by Gasteiger charge is 2.26. The number of halogens is 4. The molecule has 0 spiro atoms. The molecular weight excluding hydrogens is 416 g/mol. The van der Waals surface area contributed by atoms with Crippen LogP contribution in [-0.2, 0) is 0 Å². The lowest BCUT2D eigenvalue weighted by Gasteiger charge is -2.15. The maximum absolute atomic E-state index is 12.6. The van der Waals surface area contributed by atoms with Crippen LogP contribution in [0.25, 0.3) is 0 Å². The van der Waals surface area contributed by atoms with Crippen LogP contribution in [0.4, 0.5) is 5.69 Å². The molecule has 0 aliphatic heterocycles. The van der Waals surface area contributed by atoms with Crippen molar-refractivity contribution in [1.82, 2.24) is 0 Å². The van der Waals surface area contributed by atoms with Crippen molar-refractivity contribution < 1.29 is 4.79 Å². The summed E-state index contributed by atoms with van der Waals surface area (Å²) in [7, 11) is 0. The van der Waals surface area contributed by atoms with E-state index in [2.05, 4.69) is 17.9 Å². The van der Waals surface area contributed by atoms with Crippen LogP contribution >= 0.6 is 71.3 Å². The molecule has 1 amide bonds. The van der Waals surface area contributed by atoms with E-state index in [0.29, 0.717) is 5.69 Å². The molecule has 0 saturated carbocycles. The van der Waals surface area contributed by atoms with E-state index in [-0.39, 0.29) is 35.4 Å². The third kappa shape index (κ3) is 3.95. The van der Waals surface area contributed by atoms with E-state index < -0.39 is 5.91 Å². The normalized spacial score (nSPS) is 10.5. The minimum atomic E-state index is -0.509. The van der Waals surface area contributed by atoms with Crippen LogP contribution in [0.1, 0.15) is 21.5 Å². The summed E-state index contributed by atoms with van der Waals surface area (Å²) in [6, 6.07) is 7.25. The molecule has 2 nitrogen and oxygen atoms in total. The monoisotopic (exact) mass is 423 g/mol. The Balaban J connectivity index is 2.55. The van der Waals surface area contributed by atoms with E-state index in [4.69, 9.17) is 58.6 Å². The summed E-state index contributed by atoms with van der Waals surface area (Å²) in [5.74, 6) is -0.509. The van der Waals surface area contributed by atoms with E-state index in [9.17, 15) is 4.79 Å². The van der Waals surface area contributed by atoms with E-state index in [1.165, 1.54) is 0 Å². The minimum Gasteiger partial charge on any atom is -0.322 e. The number of hydrogen-bond donors (Lipinski definition) is 2. The van der Waals surface area contributed by atoms with Crippen LogP contribution in [0.2, 0.25) is 20.1 Å². The lowest BCUT2D eigenvalue weighted by Crippen LogP contribution is -2.17. The zero-order valence-corrected chi connectivity index (χ0v) is 16.3. The first-order chi connectivity index (χ1) is 10.7. The number of aryl methyl sites for hydroxylation is 1. The second-order valence-electron chi connectivity index (χ2n) is 4.63. The molecule has 0 unspecified atom stereocenters. The van der Waals surface area contributed by atoms with Gasteiger partial charge in [0.15, 0.2) is 0 Å². The van der Waals surface area contributed by atoms with Gasteiger partial charge < -0.3 is 5.32 Å². The van der Waals surface area contributed by atoms with E-state index >= 15 is 0 Å². The standard InChI is InChI=1S/C15H9Cl4NOS2/c1-6-2-4-7(5-3-6)20-14(21)8-9(15(22)23)11(17)13(19)12(18)10(8)16/h2-5H,1H3,(H,20,21)(H,22,23). The number of anilines is 1. The zero-order chi connectivity index (χ0) is 17.3. The Labute approximate surface area is 164 Å². The fraction of sp³-hybridized carbons (Fsp3) is 0.0667. The van der Waals surface area contributed by atoms with Crippen LogP contribution in [-0.4, -0.2) is 10.1 Å². The third-order valence-electron chi connectivity index (χ3n) is 3.02. The maximum Gasteiger partial charge on any atom is 0.257 e. The van der Waals surface area contributed by atoms with Gasteiger partial charge >= 0.3 is 0 Å². The van der Waals surface area contributed by atoms with Crippen molar-refractivity contribution in [3.63, 3.8) is 0 Å². The number of carbonyl (C=O) groups excluding carboxylic acids is 1. The molecule has 0 heterocycles. The molecule has 2 rings (SSSR count). The Kier molecular flexibility index (Phi) is 6.22. The number of amides is 1. The van der Waals surface area contributed by atoms with Crippen LogP contribution in [0.15, 0.2) is 24.3 Å². The van der Waals surface area contributed by atoms with Crippen molar-refractivity contribution in [2.24, 2.45) is 0 Å². The van der Waals surface area contributed by atoms with Gasteiger partial charge in [-0.15, -0.1) is 12.6 Å². The van der Waals surface area contributed by atoms with Crippen molar-refractivity contribution in [2.45, 2.75) is 6.92 Å². The first kappa shape index (κ1) is 18.8. The quantitative estimate of drug-likeness (QED) is 0.256. The van der Waals surface area contributed by atoms with Gasteiger partial charge in [0.1, 0.15) is 0 Å². The molecule has 8 heteroatoms. The molecule has 2 aromatic carbocycles. The number of nitrogens with one attached hydrogen (secondary N) is 1. The summed E-state index contributed by atoms with van der Waals surface area (Å²) in [6.45, 7) is 1.94. The molecule has 0 aliphatic rings. The molecule has 0 bridgehead atoms. The van der Waals surface area contributed by atoms with Crippen LogP contribution < -0.4 is 5.32 Å². The number of thiocarbonyl (C=S) groups is 1. The smallest absolute Gasteiger partial charge is 0.257 e. The van der Waals surface area contributed by atoms with Gasteiger partial charge in [-0.25, -0.2) is 0 Å². The molecule has 23 heavy (non-hydrogen) atoms. The largest absolute Gasteiger partial charge is 0.322 e. The lowest BCUT2D eigenvalue weighted by molar-refractivity contribution is 0.102. The number of hydrogen-bond acceptors (Lipinski definition) is 2. The van der Waals surface area contributed by atoms with Gasteiger partial charge in [0.05, 0.1) is 29.9 Å². The molecular formula is C15H9Cl4NOS2. The summed E-state index contributed by atoms with van der Waals surface area (Å²) >= 11 is 33.5. The average Bonchev–Trinajstić information content (AvgIpc) is 2.50. The van der Waals surface area contributed by atoms with Gasteiger partial charge in [-0.3, -0.25) is 4.79 Å². The topological polar surface area (TPSA) is 29.1 Å². The maximum atomic E-state index is 12.6. The molecule has 0 atom stereocenters. The molecule has 2 aromatic rings.